The summed E-state index contributed by atoms with van der Waals surface area (Å²) in [6, 6.07) is 3.12. The Labute approximate surface area is 80.1 Å². The van der Waals surface area contributed by atoms with Crippen molar-refractivity contribution in [3.05, 3.63) is 34.1 Å². The van der Waals surface area contributed by atoms with Crippen LogP contribution in [0.3, 0.4) is 0 Å². The summed E-state index contributed by atoms with van der Waals surface area (Å²) >= 11 is 5.58. The van der Waals surface area contributed by atoms with E-state index in [0.29, 0.717) is 5.56 Å². The third kappa shape index (κ3) is 2.38. The highest BCUT2D eigenvalue weighted by Crippen LogP contribution is 2.20. The topological polar surface area (TPSA) is 29.4 Å². The molecule has 1 aromatic carbocycles. The molecule has 0 heterocycles. The van der Waals surface area contributed by atoms with Crippen molar-refractivity contribution in [2.45, 2.75) is 13.5 Å². The van der Waals surface area contributed by atoms with E-state index in [2.05, 4.69) is 4.99 Å². The number of aliphatic imine (C=N–C) groups is 1. The van der Waals surface area contributed by atoms with Crippen LogP contribution in [0.15, 0.2) is 17.1 Å². The molecule has 0 atom stereocenters. The van der Waals surface area contributed by atoms with Crippen LogP contribution in [0.4, 0.5) is 4.39 Å². The van der Waals surface area contributed by atoms with Crippen LogP contribution in [0.5, 0.6) is 0 Å². The van der Waals surface area contributed by atoms with Crippen LogP contribution in [0.1, 0.15) is 11.1 Å². The molecule has 0 bridgehead atoms. The predicted octanol–water partition coefficient (Wildman–Crippen LogP) is 2.62. The highest BCUT2D eigenvalue weighted by atomic mass is 35.5. The van der Waals surface area contributed by atoms with Crippen molar-refractivity contribution in [3.8, 4) is 0 Å². The summed E-state index contributed by atoms with van der Waals surface area (Å²) in [5, 5.41) is 0.0519. The maximum absolute atomic E-state index is 13.2. The van der Waals surface area contributed by atoms with Gasteiger partial charge in [-0.15, -0.1) is 0 Å². The zero-order chi connectivity index (χ0) is 9.84. The van der Waals surface area contributed by atoms with Crippen LogP contribution in [-0.2, 0) is 11.3 Å². The molecule has 0 saturated carbocycles. The van der Waals surface area contributed by atoms with Gasteiger partial charge in [0.1, 0.15) is 5.82 Å². The number of carbonyl (C=O) groups excluding carboxylic acids is 1. The summed E-state index contributed by atoms with van der Waals surface area (Å²) in [6.07, 6.45) is 1.35. The molecule has 1 aromatic rings. The van der Waals surface area contributed by atoms with E-state index >= 15 is 0 Å². The summed E-state index contributed by atoms with van der Waals surface area (Å²) in [4.78, 5) is 13.1. The van der Waals surface area contributed by atoms with Crippen molar-refractivity contribution in [1.82, 2.24) is 0 Å². The third-order valence-corrected chi connectivity index (χ3v) is 1.84. The Morgan fingerprint density at radius 1 is 1.62 bits per heavy atom. The highest BCUT2D eigenvalue weighted by Gasteiger charge is 2.06. The largest absolute Gasteiger partial charge is 0.235 e. The van der Waals surface area contributed by atoms with Gasteiger partial charge >= 0.3 is 0 Å². The van der Waals surface area contributed by atoms with Crippen molar-refractivity contribution < 1.29 is 9.18 Å². The van der Waals surface area contributed by atoms with E-state index in [1.165, 1.54) is 12.1 Å². The molecule has 13 heavy (non-hydrogen) atoms. The number of benzene rings is 1. The van der Waals surface area contributed by atoms with Gasteiger partial charge in [0.2, 0.25) is 6.08 Å². The first-order valence-corrected chi connectivity index (χ1v) is 4.01. The number of aryl methyl sites for hydroxylation is 1. The molecule has 68 valence electrons. The van der Waals surface area contributed by atoms with Gasteiger partial charge in [0.15, 0.2) is 0 Å². The Morgan fingerprint density at radius 2 is 2.31 bits per heavy atom. The van der Waals surface area contributed by atoms with Crippen LogP contribution >= 0.6 is 11.6 Å². The van der Waals surface area contributed by atoms with Gasteiger partial charge in [-0.25, -0.2) is 14.2 Å². The molecule has 0 spiro atoms. The maximum atomic E-state index is 13.2. The van der Waals surface area contributed by atoms with Gasteiger partial charge in [-0.05, 0) is 18.6 Å². The van der Waals surface area contributed by atoms with Gasteiger partial charge in [-0.1, -0.05) is 17.7 Å². The van der Waals surface area contributed by atoms with Crippen molar-refractivity contribution >= 4 is 17.7 Å². The zero-order valence-corrected chi connectivity index (χ0v) is 7.73. The first-order valence-electron chi connectivity index (χ1n) is 3.63. The van der Waals surface area contributed by atoms with Crippen molar-refractivity contribution in [2.24, 2.45) is 4.99 Å². The SMILES string of the molecule is Cc1cc(Cl)c(F)c(CN=C=O)c1. The minimum absolute atomic E-state index is 0.0171. The fraction of sp³-hybridized carbons (Fsp3) is 0.222. The molecular weight excluding hydrogens is 193 g/mol. The number of rotatable bonds is 2. The molecule has 0 fully saturated rings. The number of isocyanates is 1. The number of nitrogens with zero attached hydrogens (tertiary/aromatic N) is 1. The molecule has 0 aliphatic heterocycles. The smallest absolute Gasteiger partial charge is 0.211 e. The monoisotopic (exact) mass is 199 g/mol. The lowest BCUT2D eigenvalue weighted by atomic mass is 10.1. The molecule has 0 aromatic heterocycles. The summed E-state index contributed by atoms with van der Waals surface area (Å²) < 4.78 is 13.2. The first kappa shape index (κ1) is 9.90. The second kappa shape index (κ2) is 4.17. The van der Waals surface area contributed by atoms with Crippen LogP contribution in [0.2, 0.25) is 5.02 Å². The Morgan fingerprint density at radius 3 is 2.92 bits per heavy atom. The lowest BCUT2D eigenvalue weighted by Crippen LogP contribution is -1.91. The van der Waals surface area contributed by atoms with E-state index in [1.807, 2.05) is 0 Å². The molecule has 0 aliphatic rings. The second-order valence-electron chi connectivity index (χ2n) is 2.63. The molecule has 0 saturated heterocycles. The van der Waals surface area contributed by atoms with Gasteiger partial charge < -0.3 is 0 Å². The highest BCUT2D eigenvalue weighted by molar-refractivity contribution is 6.30. The fourth-order valence-corrected chi connectivity index (χ4v) is 1.32. The summed E-state index contributed by atoms with van der Waals surface area (Å²) in [7, 11) is 0. The molecule has 1 rings (SSSR count). The number of hydrogen-bond acceptors (Lipinski definition) is 2. The molecule has 4 heteroatoms. The minimum atomic E-state index is -0.522. The van der Waals surface area contributed by atoms with E-state index in [9.17, 15) is 9.18 Å². The lowest BCUT2D eigenvalue weighted by Gasteiger charge is -2.02. The Bertz CT molecular complexity index is 372. The molecule has 0 amide bonds. The minimum Gasteiger partial charge on any atom is -0.211 e. The second-order valence-corrected chi connectivity index (χ2v) is 3.03. The Balaban J connectivity index is 3.12. The van der Waals surface area contributed by atoms with Crippen molar-refractivity contribution in [1.29, 1.82) is 0 Å². The van der Waals surface area contributed by atoms with Gasteiger partial charge in [0.05, 0.1) is 11.6 Å². The normalized spacial score (nSPS) is 9.46. The summed E-state index contributed by atoms with van der Waals surface area (Å²) in [5.41, 5.74) is 1.15. The first-order chi connectivity index (χ1) is 6.15. The fourth-order valence-electron chi connectivity index (χ4n) is 1.03. The number of hydrogen-bond donors (Lipinski definition) is 0. The quantitative estimate of drug-likeness (QED) is 0.532. The van der Waals surface area contributed by atoms with E-state index in [4.69, 9.17) is 11.6 Å². The van der Waals surface area contributed by atoms with Crippen molar-refractivity contribution in [3.63, 3.8) is 0 Å². The van der Waals surface area contributed by atoms with Crippen LogP contribution in [0, 0.1) is 12.7 Å². The molecule has 0 N–H and O–H groups in total. The van der Waals surface area contributed by atoms with Crippen molar-refractivity contribution in [2.75, 3.05) is 0 Å². The van der Waals surface area contributed by atoms with Crippen LogP contribution in [-0.4, -0.2) is 6.08 Å². The van der Waals surface area contributed by atoms with Gasteiger partial charge in [-0.2, -0.15) is 0 Å². The number of halogens is 2. The molecule has 0 unspecified atom stereocenters. The maximum Gasteiger partial charge on any atom is 0.235 e. The standard InChI is InChI=1S/C9H7ClFNO/c1-6-2-7(4-12-5-13)9(11)8(10)3-6/h2-3H,4H2,1H3. The van der Waals surface area contributed by atoms with Gasteiger partial charge in [0.25, 0.3) is 0 Å². The van der Waals surface area contributed by atoms with Crippen LogP contribution in [0.25, 0.3) is 0 Å². The summed E-state index contributed by atoms with van der Waals surface area (Å²) in [6.45, 7) is 1.77. The van der Waals surface area contributed by atoms with E-state index < -0.39 is 5.82 Å². The van der Waals surface area contributed by atoms with Gasteiger partial charge in [-0.3, -0.25) is 0 Å². The average molecular weight is 200 g/mol. The average Bonchev–Trinajstić information content (AvgIpc) is 2.09. The predicted molar refractivity (Wildman–Crippen MR) is 48.0 cm³/mol. The van der Waals surface area contributed by atoms with Gasteiger partial charge in [0, 0.05) is 5.56 Å². The molecule has 0 aliphatic carbocycles. The summed E-state index contributed by atoms with van der Waals surface area (Å²) in [5.74, 6) is -0.522. The van der Waals surface area contributed by atoms with Crippen LogP contribution < -0.4 is 0 Å². The lowest BCUT2D eigenvalue weighted by molar-refractivity contribution is 0.561. The van der Waals surface area contributed by atoms with E-state index in [0.717, 1.165) is 5.56 Å². The molecular formula is C9H7ClFNO. The van der Waals surface area contributed by atoms with E-state index in [1.54, 1.807) is 13.0 Å². The third-order valence-electron chi connectivity index (χ3n) is 1.56. The zero-order valence-electron chi connectivity index (χ0n) is 6.97. The molecule has 0 radical (unpaired) electrons. The molecule has 2 nitrogen and oxygen atoms in total. The Hall–Kier alpha value is -1.18. The Kier molecular flexibility index (Phi) is 3.18. The van der Waals surface area contributed by atoms with E-state index in [-0.39, 0.29) is 11.6 Å².